The SMILES string of the molecule is Cn1[c](=[Pt])n(-c2cccc(Oc3ccc4c(c3)N(c3cc(C(C)(C)C)ccn3)Cc3cc(-n5c6ccccc6c6ccccc65)ccc3-4)c2)c2ccccc21. The van der Waals surface area contributed by atoms with Gasteiger partial charge in [0.1, 0.15) is 0 Å². The molecule has 4 heterocycles. The maximum atomic E-state index is 6.69. The second-order valence-corrected chi connectivity index (χ2v) is 16.4. The van der Waals surface area contributed by atoms with Crippen LogP contribution in [0.5, 0.6) is 11.5 Å². The Bertz CT molecular complexity index is 2980. The molecule has 10 rings (SSSR count). The van der Waals surface area contributed by atoms with Gasteiger partial charge in [-0.1, -0.05) is 57.2 Å². The van der Waals surface area contributed by atoms with Crippen molar-refractivity contribution in [3.8, 4) is 34.0 Å². The van der Waals surface area contributed by atoms with Crippen molar-refractivity contribution in [1.82, 2.24) is 18.7 Å². The molecule has 6 aromatic carbocycles. The van der Waals surface area contributed by atoms with E-state index in [-0.39, 0.29) is 5.41 Å². The number of pyridine rings is 1. The number of aryl methyl sites for hydroxylation is 1. The van der Waals surface area contributed by atoms with Crippen molar-refractivity contribution in [3.05, 3.63) is 167 Å². The summed E-state index contributed by atoms with van der Waals surface area (Å²) in [7, 11) is 2.11. The molecule has 0 radical (unpaired) electrons. The fourth-order valence-electron chi connectivity index (χ4n) is 8.16. The van der Waals surface area contributed by atoms with Gasteiger partial charge in [-0.05, 0) is 41.3 Å². The van der Waals surface area contributed by atoms with Crippen molar-refractivity contribution >= 4 is 44.3 Å². The van der Waals surface area contributed by atoms with Gasteiger partial charge in [0.05, 0.1) is 11.0 Å². The van der Waals surface area contributed by atoms with E-state index in [1.54, 1.807) is 0 Å². The fourth-order valence-corrected chi connectivity index (χ4v) is 9.00. The molecule has 0 unspecified atom stereocenters. The summed E-state index contributed by atoms with van der Waals surface area (Å²) in [6.07, 6.45) is 1.94. The zero-order chi connectivity index (χ0) is 37.4. The Morgan fingerprint density at radius 3 is 2.00 bits per heavy atom. The Labute approximate surface area is 330 Å². The number of imidazole rings is 1. The molecule has 0 aliphatic carbocycles. The topological polar surface area (TPSA) is 40.1 Å². The van der Waals surface area contributed by atoms with Crippen molar-refractivity contribution in [2.45, 2.75) is 32.7 Å². The Balaban J connectivity index is 1.09. The normalized spacial score (nSPS) is 12.7. The zero-order valence-electron chi connectivity index (χ0n) is 31.1. The van der Waals surface area contributed by atoms with Gasteiger partial charge < -0.3 is 4.57 Å². The molecule has 0 saturated heterocycles. The van der Waals surface area contributed by atoms with Gasteiger partial charge in [-0.3, -0.25) is 0 Å². The van der Waals surface area contributed by atoms with Gasteiger partial charge >= 0.3 is 196 Å². The average Bonchev–Trinajstić information content (AvgIpc) is 3.67. The Kier molecular flexibility index (Phi) is 7.83. The molecule has 0 fully saturated rings. The van der Waals surface area contributed by atoms with Crippen molar-refractivity contribution in [2.75, 3.05) is 4.90 Å². The van der Waals surface area contributed by atoms with Crippen LogP contribution < -0.4 is 9.64 Å². The van der Waals surface area contributed by atoms with Crippen LogP contribution >= 0.6 is 0 Å². The van der Waals surface area contributed by atoms with Crippen LogP contribution in [0, 0.1) is 3.80 Å². The standard InChI is InChI=1S/C48H39N5O.Pt/c1-48(2,3)33-24-25-49-47(27-33)51-30-32-26-35(53-42-16-7-5-14-39(42)40-15-6-8-17-43(40)53)20-22-38(32)41-23-21-37(29-46(41)51)54-36-13-11-12-34(28-36)52-31-50(4)44-18-9-10-19-45(44)52;/h5-29H,30H2,1-4H3;. The van der Waals surface area contributed by atoms with Gasteiger partial charge in [0.25, 0.3) is 0 Å². The van der Waals surface area contributed by atoms with Gasteiger partial charge in [-0.25, -0.2) is 0 Å². The molecule has 0 saturated carbocycles. The number of rotatable bonds is 5. The molecule has 1 aliphatic rings. The average molecular weight is 897 g/mol. The van der Waals surface area contributed by atoms with Crippen LogP contribution in [0.25, 0.3) is 55.3 Å². The molecule has 0 atom stereocenters. The molecule has 0 spiro atoms. The van der Waals surface area contributed by atoms with Crippen LogP contribution in [-0.2, 0) is 38.4 Å². The van der Waals surface area contributed by atoms with Crippen molar-refractivity contribution in [3.63, 3.8) is 0 Å². The van der Waals surface area contributed by atoms with Crippen LogP contribution in [0.3, 0.4) is 0 Å². The van der Waals surface area contributed by atoms with E-state index in [1.807, 2.05) is 12.3 Å². The molecule has 7 heteroatoms. The summed E-state index contributed by atoms with van der Waals surface area (Å²) in [5.41, 5.74) is 12.9. The second-order valence-electron chi connectivity index (χ2n) is 15.4. The molecule has 0 N–H and O–H groups in total. The van der Waals surface area contributed by atoms with E-state index in [0.29, 0.717) is 6.54 Å². The van der Waals surface area contributed by atoms with E-state index >= 15 is 0 Å². The number of benzene rings is 6. The zero-order valence-corrected chi connectivity index (χ0v) is 33.4. The van der Waals surface area contributed by atoms with E-state index in [4.69, 9.17) is 9.72 Å². The van der Waals surface area contributed by atoms with Crippen LogP contribution in [0.4, 0.5) is 11.5 Å². The molecule has 1 aliphatic heterocycles. The summed E-state index contributed by atoms with van der Waals surface area (Å²) in [6, 6.07) is 52.0. The number of hydrogen-bond acceptors (Lipinski definition) is 3. The number of anilines is 2. The predicted octanol–water partition coefficient (Wildman–Crippen LogP) is 11.9. The molecule has 0 amide bonds. The summed E-state index contributed by atoms with van der Waals surface area (Å²) >= 11 is 2.40. The summed E-state index contributed by atoms with van der Waals surface area (Å²) in [4.78, 5) is 7.32. The number of fused-ring (bicyclic) bond motifs is 7. The van der Waals surface area contributed by atoms with E-state index in [2.05, 4.69) is 205 Å². The van der Waals surface area contributed by atoms with Gasteiger partial charge in [0.15, 0.2) is 0 Å². The van der Waals surface area contributed by atoms with Gasteiger partial charge in [-0.15, -0.1) is 0 Å². The van der Waals surface area contributed by atoms with Crippen LogP contribution in [0.2, 0.25) is 0 Å². The Morgan fingerprint density at radius 1 is 0.600 bits per heavy atom. The summed E-state index contributed by atoms with van der Waals surface area (Å²) in [5, 5.41) is 2.52. The summed E-state index contributed by atoms with van der Waals surface area (Å²) in [5.74, 6) is 2.47. The molecule has 0 bridgehead atoms. The minimum atomic E-state index is -0.0200. The van der Waals surface area contributed by atoms with Gasteiger partial charge in [0.2, 0.25) is 0 Å². The monoisotopic (exact) mass is 896 g/mol. The number of aromatic nitrogens is 4. The first-order valence-electron chi connectivity index (χ1n) is 18.6. The Hall–Kier alpha value is -5.97. The first kappa shape index (κ1) is 33.6. The number of nitrogens with zero attached hydrogens (tertiary/aromatic N) is 5. The summed E-state index contributed by atoms with van der Waals surface area (Å²) < 4.78 is 14.7. The number of hydrogen-bond donors (Lipinski definition) is 0. The Morgan fingerprint density at radius 2 is 1.25 bits per heavy atom. The molecular formula is C48H39N5OPt. The maximum absolute atomic E-state index is 6.69. The fraction of sp³-hybridized carbons (Fsp3) is 0.125. The molecule has 9 aromatic rings. The molecule has 55 heavy (non-hydrogen) atoms. The van der Waals surface area contributed by atoms with Gasteiger partial charge in [0, 0.05) is 22.7 Å². The minimum absolute atomic E-state index is 0.0200. The van der Waals surface area contributed by atoms with Crippen LogP contribution in [-0.4, -0.2) is 18.7 Å². The first-order chi connectivity index (χ1) is 26.7. The van der Waals surface area contributed by atoms with Crippen LogP contribution in [0.1, 0.15) is 31.9 Å². The number of ether oxygens (including phenoxy) is 1. The van der Waals surface area contributed by atoms with Crippen molar-refractivity contribution in [1.29, 1.82) is 0 Å². The van der Waals surface area contributed by atoms with E-state index in [0.717, 1.165) is 49.3 Å². The number of para-hydroxylation sites is 4. The van der Waals surface area contributed by atoms with E-state index in [9.17, 15) is 0 Å². The second kappa shape index (κ2) is 12.8. The third kappa shape index (κ3) is 5.58. The quantitative estimate of drug-likeness (QED) is 0.173. The summed E-state index contributed by atoms with van der Waals surface area (Å²) in [6.45, 7) is 7.42. The van der Waals surface area contributed by atoms with Gasteiger partial charge in [-0.2, -0.15) is 0 Å². The molecule has 3 aromatic heterocycles. The molecule has 272 valence electrons. The van der Waals surface area contributed by atoms with E-state index < -0.39 is 0 Å². The first-order valence-corrected chi connectivity index (χ1v) is 19.8. The predicted molar refractivity (Wildman–Crippen MR) is 221 cm³/mol. The molecular weight excluding hydrogens is 858 g/mol. The molecule has 6 nitrogen and oxygen atoms in total. The third-order valence-corrected chi connectivity index (χ3v) is 12.2. The van der Waals surface area contributed by atoms with E-state index in [1.165, 1.54) is 44.0 Å². The van der Waals surface area contributed by atoms with Crippen LogP contribution in [0.15, 0.2) is 152 Å². The van der Waals surface area contributed by atoms with Crippen molar-refractivity contribution < 1.29 is 24.1 Å². The third-order valence-electron chi connectivity index (χ3n) is 10.9. The van der Waals surface area contributed by atoms with Crippen molar-refractivity contribution in [2.24, 2.45) is 7.05 Å².